The van der Waals surface area contributed by atoms with E-state index in [1.165, 1.54) is 20.5 Å². The number of benzene rings is 1. The van der Waals surface area contributed by atoms with Crippen molar-refractivity contribution in [1.82, 2.24) is 4.90 Å². The van der Waals surface area contributed by atoms with Gasteiger partial charge in [-0.05, 0) is 23.4 Å². The zero-order chi connectivity index (χ0) is 13.9. The number of thiophene rings is 1. The number of hydrogen-bond donors (Lipinski definition) is 1. The lowest BCUT2D eigenvalue weighted by molar-refractivity contribution is -0.0323. The van der Waals surface area contributed by atoms with Crippen LogP contribution in [0.3, 0.4) is 0 Å². The fourth-order valence-electron chi connectivity index (χ4n) is 2.88. The Kier molecular flexibility index (Phi) is 4.36. The molecule has 3 nitrogen and oxygen atoms in total. The highest BCUT2D eigenvalue weighted by Gasteiger charge is 2.21. The van der Waals surface area contributed by atoms with Gasteiger partial charge in [0.25, 0.3) is 0 Å². The van der Waals surface area contributed by atoms with Gasteiger partial charge in [-0.25, -0.2) is 0 Å². The van der Waals surface area contributed by atoms with E-state index in [1.54, 1.807) is 0 Å². The Morgan fingerprint density at radius 3 is 3.05 bits per heavy atom. The highest BCUT2D eigenvalue weighted by molar-refractivity contribution is 7.19. The van der Waals surface area contributed by atoms with Crippen molar-refractivity contribution in [2.45, 2.75) is 32.5 Å². The molecule has 1 unspecified atom stereocenters. The monoisotopic (exact) mass is 290 g/mol. The Morgan fingerprint density at radius 1 is 1.40 bits per heavy atom. The van der Waals surface area contributed by atoms with Gasteiger partial charge in [-0.15, -0.1) is 11.3 Å². The maximum absolute atomic E-state index is 5.94. The second kappa shape index (κ2) is 6.22. The van der Waals surface area contributed by atoms with Gasteiger partial charge >= 0.3 is 0 Å². The van der Waals surface area contributed by atoms with Crippen molar-refractivity contribution < 1.29 is 4.74 Å². The SMILES string of the molecule is CCC1CN(Cc2c(CN)sc3ccccc23)CCO1. The molecular formula is C16H22N2OS. The number of morpholine rings is 1. The number of rotatable bonds is 4. The number of nitrogens with zero attached hydrogens (tertiary/aromatic N) is 1. The molecule has 1 aromatic carbocycles. The molecule has 0 radical (unpaired) electrons. The molecule has 3 rings (SSSR count). The largest absolute Gasteiger partial charge is 0.376 e. The maximum atomic E-state index is 5.94. The zero-order valence-corrected chi connectivity index (χ0v) is 12.8. The molecule has 0 spiro atoms. The van der Waals surface area contributed by atoms with E-state index < -0.39 is 0 Å². The minimum Gasteiger partial charge on any atom is -0.376 e. The molecular weight excluding hydrogens is 268 g/mol. The standard InChI is InChI=1S/C16H22N2OS/c1-2-12-10-18(7-8-19-12)11-14-13-5-3-4-6-15(13)20-16(14)9-17/h3-6,12H,2,7-11,17H2,1H3. The quantitative estimate of drug-likeness (QED) is 0.941. The topological polar surface area (TPSA) is 38.5 Å². The molecule has 4 heteroatoms. The molecule has 0 saturated carbocycles. The molecule has 108 valence electrons. The van der Waals surface area contributed by atoms with Crippen LogP contribution in [0.4, 0.5) is 0 Å². The lowest BCUT2D eigenvalue weighted by Gasteiger charge is -2.32. The summed E-state index contributed by atoms with van der Waals surface area (Å²) < 4.78 is 7.11. The van der Waals surface area contributed by atoms with E-state index >= 15 is 0 Å². The normalized spacial score (nSPS) is 20.6. The van der Waals surface area contributed by atoms with Crippen LogP contribution in [-0.2, 0) is 17.8 Å². The molecule has 1 fully saturated rings. The number of fused-ring (bicyclic) bond motifs is 1. The van der Waals surface area contributed by atoms with Crippen LogP contribution in [0.5, 0.6) is 0 Å². The summed E-state index contributed by atoms with van der Waals surface area (Å²) in [5.41, 5.74) is 7.36. The molecule has 0 bridgehead atoms. The van der Waals surface area contributed by atoms with Crippen molar-refractivity contribution >= 4 is 21.4 Å². The predicted octanol–water partition coefficient (Wildman–Crippen LogP) is 2.97. The first-order valence-corrected chi connectivity index (χ1v) is 8.16. The van der Waals surface area contributed by atoms with Gasteiger partial charge in [0.2, 0.25) is 0 Å². The van der Waals surface area contributed by atoms with Crippen molar-refractivity contribution in [3.8, 4) is 0 Å². The van der Waals surface area contributed by atoms with Gasteiger partial charge in [-0.3, -0.25) is 4.90 Å². The molecule has 1 aromatic heterocycles. The summed E-state index contributed by atoms with van der Waals surface area (Å²) in [6.45, 7) is 6.72. The van der Waals surface area contributed by atoms with Crippen LogP contribution >= 0.6 is 11.3 Å². The van der Waals surface area contributed by atoms with E-state index in [0.717, 1.165) is 32.7 Å². The lowest BCUT2D eigenvalue weighted by Crippen LogP contribution is -2.41. The van der Waals surface area contributed by atoms with Crippen molar-refractivity contribution in [2.24, 2.45) is 5.73 Å². The first kappa shape index (κ1) is 14.0. The summed E-state index contributed by atoms with van der Waals surface area (Å²) in [5.74, 6) is 0. The first-order valence-electron chi connectivity index (χ1n) is 7.35. The van der Waals surface area contributed by atoms with Gasteiger partial charge < -0.3 is 10.5 Å². The molecule has 20 heavy (non-hydrogen) atoms. The Morgan fingerprint density at radius 2 is 2.25 bits per heavy atom. The summed E-state index contributed by atoms with van der Waals surface area (Å²) in [7, 11) is 0. The third kappa shape index (κ3) is 2.74. The van der Waals surface area contributed by atoms with E-state index in [-0.39, 0.29) is 0 Å². The average molecular weight is 290 g/mol. The molecule has 2 heterocycles. The van der Waals surface area contributed by atoms with E-state index in [0.29, 0.717) is 12.6 Å². The van der Waals surface area contributed by atoms with Crippen molar-refractivity contribution in [1.29, 1.82) is 0 Å². The van der Waals surface area contributed by atoms with E-state index in [1.807, 2.05) is 11.3 Å². The van der Waals surface area contributed by atoms with Crippen LogP contribution < -0.4 is 5.73 Å². The number of hydrogen-bond acceptors (Lipinski definition) is 4. The van der Waals surface area contributed by atoms with Crippen LogP contribution in [0.15, 0.2) is 24.3 Å². The van der Waals surface area contributed by atoms with Gasteiger partial charge in [0.15, 0.2) is 0 Å². The van der Waals surface area contributed by atoms with E-state index in [2.05, 4.69) is 36.1 Å². The molecule has 1 aliphatic rings. The van der Waals surface area contributed by atoms with E-state index in [4.69, 9.17) is 10.5 Å². The van der Waals surface area contributed by atoms with Crippen molar-refractivity contribution in [2.75, 3.05) is 19.7 Å². The summed E-state index contributed by atoms with van der Waals surface area (Å²) in [6, 6.07) is 8.63. The minimum atomic E-state index is 0.384. The van der Waals surface area contributed by atoms with Crippen LogP contribution in [0.1, 0.15) is 23.8 Å². The predicted molar refractivity (Wildman–Crippen MR) is 85.0 cm³/mol. The number of nitrogens with two attached hydrogens (primary N) is 1. The Hall–Kier alpha value is -0.940. The van der Waals surface area contributed by atoms with Gasteiger partial charge in [-0.2, -0.15) is 0 Å². The van der Waals surface area contributed by atoms with Crippen molar-refractivity contribution in [3.63, 3.8) is 0 Å². The Balaban J connectivity index is 1.86. The van der Waals surface area contributed by atoms with Gasteiger partial charge in [0.1, 0.15) is 0 Å². The molecule has 2 aromatic rings. The van der Waals surface area contributed by atoms with Gasteiger partial charge in [0.05, 0.1) is 12.7 Å². The average Bonchev–Trinajstić information content (AvgIpc) is 2.85. The molecule has 0 aliphatic carbocycles. The summed E-state index contributed by atoms with van der Waals surface area (Å²) in [4.78, 5) is 3.83. The second-order valence-electron chi connectivity index (χ2n) is 5.34. The lowest BCUT2D eigenvalue weighted by atomic mass is 10.1. The summed E-state index contributed by atoms with van der Waals surface area (Å²) in [5, 5.41) is 1.37. The third-order valence-electron chi connectivity index (χ3n) is 4.03. The summed E-state index contributed by atoms with van der Waals surface area (Å²) in [6.07, 6.45) is 1.47. The Labute approximate surface area is 124 Å². The molecule has 1 saturated heterocycles. The molecule has 2 N–H and O–H groups in total. The fraction of sp³-hybridized carbons (Fsp3) is 0.500. The molecule has 1 aliphatic heterocycles. The maximum Gasteiger partial charge on any atom is 0.0700 e. The smallest absolute Gasteiger partial charge is 0.0700 e. The molecule has 1 atom stereocenters. The third-order valence-corrected chi connectivity index (χ3v) is 5.26. The van der Waals surface area contributed by atoms with Crippen LogP contribution in [0.25, 0.3) is 10.1 Å². The van der Waals surface area contributed by atoms with Crippen LogP contribution in [0.2, 0.25) is 0 Å². The first-order chi connectivity index (χ1) is 9.81. The van der Waals surface area contributed by atoms with Crippen LogP contribution in [0, 0.1) is 0 Å². The van der Waals surface area contributed by atoms with Gasteiger partial charge in [0, 0.05) is 35.8 Å². The number of ether oxygens (including phenoxy) is 1. The fourth-order valence-corrected chi connectivity index (χ4v) is 3.98. The second-order valence-corrected chi connectivity index (χ2v) is 6.48. The highest BCUT2D eigenvalue weighted by Crippen LogP contribution is 2.32. The molecule has 0 amide bonds. The minimum absolute atomic E-state index is 0.384. The Bertz CT molecular complexity index is 581. The van der Waals surface area contributed by atoms with Crippen molar-refractivity contribution in [3.05, 3.63) is 34.7 Å². The van der Waals surface area contributed by atoms with Gasteiger partial charge in [-0.1, -0.05) is 25.1 Å². The summed E-state index contributed by atoms with van der Waals surface area (Å²) >= 11 is 1.84. The zero-order valence-electron chi connectivity index (χ0n) is 12.0. The highest BCUT2D eigenvalue weighted by atomic mass is 32.1. The van der Waals surface area contributed by atoms with E-state index in [9.17, 15) is 0 Å². The van der Waals surface area contributed by atoms with Crippen LogP contribution in [-0.4, -0.2) is 30.7 Å².